The van der Waals surface area contributed by atoms with Gasteiger partial charge in [0.05, 0.1) is 6.61 Å². The van der Waals surface area contributed by atoms with Gasteiger partial charge in [0.15, 0.2) is 0 Å². The highest BCUT2D eigenvalue weighted by Crippen LogP contribution is 2.40. The second-order valence-corrected chi connectivity index (χ2v) is 5.70. The number of ether oxygens (including phenoxy) is 1. The minimum absolute atomic E-state index is 0.471. The van der Waals surface area contributed by atoms with Gasteiger partial charge < -0.3 is 9.64 Å². The molecule has 3 fully saturated rings. The monoisotopic (exact) mass is 261 g/mol. The Morgan fingerprint density at radius 1 is 1.11 bits per heavy atom. The van der Waals surface area contributed by atoms with Gasteiger partial charge in [-0.3, -0.25) is 0 Å². The van der Waals surface area contributed by atoms with E-state index in [1.807, 2.05) is 13.8 Å². The van der Waals surface area contributed by atoms with Crippen molar-refractivity contribution >= 4 is 0 Å². The number of hydrogen-bond acceptors (Lipinski definition) is 2. The maximum Gasteiger partial charge on any atom is 0.119 e. The van der Waals surface area contributed by atoms with Crippen LogP contribution in [-0.2, 0) is 0 Å². The minimum atomic E-state index is 0.471. The Morgan fingerprint density at radius 3 is 2.32 bits per heavy atom. The summed E-state index contributed by atoms with van der Waals surface area (Å²) in [4.78, 5) is 2.58. The summed E-state index contributed by atoms with van der Waals surface area (Å²) in [6, 6.07) is 8.40. The molecule has 3 saturated heterocycles. The molecule has 2 bridgehead atoms. The van der Waals surface area contributed by atoms with E-state index in [0.29, 0.717) is 5.41 Å². The molecule has 3 aliphatic rings. The molecular weight excluding hydrogens is 234 g/mol. The van der Waals surface area contributed by atoms with Crippen LogP contribution >= 0.6 is 0 Å². The number of piperidine rings is 3. The van der Waals surface area contributed by atoms with E-state index in [-0.39, 0.29) is 0 Å². The number of benzene rings is 1. The molecule has 0 amide bonds. The number of aryl methyl sites for hydroxylation is 1. The lowest BCUT2D eigenvalue weighted by Gasteiger charge is -2.48. The van der Waals surface area contributed by atoms with Crippen LogP contribution in [0, 0.1) is 12.3 Å². The van der Waals surface area contributed by atoms with Crippen LogP contribution < -0.4 is 4.74 Å². The van der Waals surface area contributed by atoms with E-state index in [1.165, 1.54) is 44.5 Å². The second-order valence-electron chi connectivity index (χ2n) is 5.70. The molecule has 0 radical (unpaired) electrons. The summed E-state index contributed by atoms with van der Waals surface area (Å²) in [6.45, 7) is 10.8. The van der Waals surface area contributed by atoms with Crippen molar-refractivity contribution in [2.75, 3.05) is 26.2 Å². The van der Waals surface area contributed by atoms with Crippen LogP contribution in [0.15, 0.2) is 24.3 Å². The predicted molar refractivity (Wildman–Crippen MR) is 80.7 cm³/mol. The molecular formula is C17H27NO. The van der Waals surface area contributed by atoms with Gasteiger partial charge in [-0.25, -0.2) is 0 Å². The van der Waals surface area contributed by atoms with Crippen LogP contribution in [0.3, 0.4) is 0 Å². The average molecular weight is 261 g/mol. The number of hydrogen-bond donors (Lipinski definition) is 0. The molecule has 1 aromatic carbocycles. The molecule has 0 aromatic heterocycles. The highest BCUT2D eigenvalue weighted by Gasteiger charge is 2.39. The van der Waals surface area contributed by atoms with Gasteiger partial charge in [0.1, 0.15) is 5.75 Å². The van der Waals surface area contributed by atoms with Gasteiger partial charge in [0.2, 0.25) is 0 Å². The van der Waals surface area contributed by atoms with Crippen LogP contribution in [0.25, 0.3) is 0 Å². The van der Waals surface area contributed by atoms with Gasteiger partial charge in [-0.05, 0) is 63.5 Å². The lowest BCUT2D eigenvalue weighted by molar-refractivity contribution is -0.00767. The van der Waals surface area contributed by atoms with E-state index in [0.717, 1.165) is 12.4 Å². The zero-order chi connectivity index (χ0) is 13.7. The lowest BCUT2D eigenvalue weighted by atomic mass is 9.73. The third-order valence-corrected chi connectivity index (χ3v) is 4.41. The molecule has 1 aromatic rings. The van der Waals surface area contributed by atoms with Crippen molar-refractivity contribution in [3.8, 4) is 5.75 Å². The van der Waals surface area contributed by atoms with Crippen molar-refractivity contribution in [1.82, 2.24) is 4.90 Å². The summed E-state index contributed by atoms with van der Waals surface area (Å²) in [6.07, 6.45) is 3.95. The Morgan fingerprint density at radius 2 is 1.74 bits per heavy atom. The van der Waals surface area contributed by atoms with Gasteiger partial charge >= 0.3 is 0 Å². The molecule has 3 heterocycles. The molecule has 2 heteroatoms. The van der Waals surface area contributed by atoms with E-state index in [9.17, 15) is 0 Å². The number of fused-ring (bicyclic) bond motifs is 3. The van der Waals surface area contributed by atoms with Gasteiger partial charge in [-0.2, -0.15) is 0 Å². The lowest BCUT2D eigenvalue weighted by Crippen LogP contribution is -2.50. The highest BCUT2D eigenvalue weighted by molar-refractivity contribution is 5.27. The molecule has 0 saturated carbocycles. The molecule has 0 N–H and O–H groups in total. The average Bonchev–Trinajstić information content (AvgIpc) is 2.49. The second kappa shape index (κ2) is 6.42. The first kappa shape index (κ1) is 14.4. The maximum atomic E-state index is 6.03. The largest absolute Gasteiger partial charge is 0.493 e. The van der Waals surface area contributed by atoms with Crippen LogP contribution in [-0.4, -0.2) is 31.1 Å². The molecule has 0 unspecified atom stereocenters. The normalized spacial score (nSPS) is 28.5. The van der Waals surface area contributed by atoms with Crippen molar-refractivity contribution in [2.45, 2.75) is 40.0 Å². The summed E-state index contributed by atoms with van der Waals surface area (Å²) in [7, 11) is 0. The first-order valence-electron chi connectivity index (χ1n) is 7.68. The van der Waals surface area contributed by atoms with Crippen molar-refractivity contribution in [3.05, 3.63) is 29.8 Å². The minimum Gasteiger partial charge on any atom is -0.493 e. The van der Waals surface area contributed by atoms with Crippen molar-refractivity contribution in [2.24, 2.45) is 5.41 Å². The zero-order valence-corrected chi connectivity index (χ0v) is 12.6. The molecule has 0 aliphatic carbocycles. The quantitative estimate of drug-likeness (QED) is 0.818. The van der Waals surface area contributed by atoms with E-state index in [4.69, 9.17) is 4.74 Å². The van der Waals surface area contributed by atoms with Crippen molar-refractivity contribution < 1.29 is 4.74 Å². The molecule has 0 spiro atoms. The van der Waals surface area contributed by atoms with Crippen LogP contribution in [0.5, 0.6) is 5.75 Å². The van der Waals surface area contributed by atoms with Gasteiger partial charge in [0, 0.05) is 5.41 Å². The third-order valence-electron chi connectivity index (χ3n) is 4.41. The summed E-state index contributed by atoms with van der Waals surface area (Å²) in [5, 5.41) is 0. The van der Waals surface area contributed by atoms with Gasteiger partial charge in [-0.1, -0.05) is 26.0 Å². The Labute approximate surface area is 117 Å². The fraction of sp³-hybridized carbons (Fsp3) is 0.647. The Bertz CT molecular complexity index is 380. The molecule has 2 nitrogen and oxygen atoms in total. The molecule has 106 valence electrons. The fourth-order valence-corrected chi connectivity index (χ4v) is 3.05. The summed E-state index contributed by atoms with van der Waals surface area (Å²) in [5.41, 5.74) is 1.75. The van der Waals surface area contributed by atoms with E-state index in [2.05, 4.69) is 36.1 Å². The topological polar surface area (TPSA) is 12.5 Å². The smallest absolute Gasteiger partial charge is 0.119 e. The van der Waals surface area contributed by atoms with E-state index in [1.54, 1.807) is 0 Å². The Hall–Kier alpha value is -1.02. The number of rotatable bonds is 3. The molecule has 3 aliphatic heterocycles. The van der Waals surface area contributed by atoms with Gasteiger partial charge in [0.25, 0.3) is 0 Å². The first-order chi connectivity index (χ1) is 9.26. The van der Waals surface area contributed by atoms with Crippen molar-refractivity contribution in [3.63, 3.8) is 0 Å². The Kier molecular flexibility index (Phi) is 4.87. The third kappa shape index (κ3) is 3.50. The van der Waals surface area contributed by atoms with E-state index >= 15 is 0 Å². The Balaban J connectivity index is 0.000000637. The predicted octanol–water partition coefficient (Wildman–Crippen LogP) is 3.89. The standard InChI is InChI=1S/C15H21NO.C2H6/c1-13-3-2-4-14(11-13)17-12-15-5-8-16(9-6-15)10-7-15;1-2/h2-4,11H,5-10,12H2,1H3;1-2H3. The SMILES string of the molecule is CC.Cc1cccc(OCC23CCN(CC2)CC3)c1. The van der Waals surface area contributed by atoms with Crippen molar-refractivity contribution in [1.29, 1.82) is 0 Å². The maximum absolute atomic E-state index is 6.03. The summed E-state index contributed by atoms with van der Waals surface area (Å²) < 4.78 is 6.03. The van der Waals surface area contributed by atoms with Gasteiger partial charge in [-0.15, -0.1) is 0 Å². The first-order valence-corrected chi connectivity index (χ1v) is 7.68. The molecule has 4 rings (SSSR count). The number of nitrogens with zero attached hydrogens (tertiary/aromatic N) is 1. The van der Waals surface area contributed by atoms with Crippen LogP contribution in [0.1, 0.15) is 38.7 Å². The highest BCUT2D eigenvalue weighted by atomic mass is 16.5. The summed E-state index contributed by atoms with van der Waals surface area (Å²) >= 11 is 0. The van der Waals surface area contributed by atoms with Crippen LogP contribution in [0.4, 0.5) is 0 Å². The van der Waals surface area contributed by atoms with E-state index < -0.39 is 0 Å². The zero-order valence-electron chi connectivity index (χ0n) is 12.6. The molecule has 0 atom stereocenters. The summed E-state index contributed by atoms with van der Waals surface area (Å²) in [5.74, 6) is 1.03. The molecule has 19 heavy (non-hydrogen) atoms. The van der Waals surface area contributed by atoms with Crippen LogP contribution in [0.2, 0.25) is 0 Å². The fourth-order valence-electron chi connectivity index (χ4n) is 3.05.